The Morgan fingerprint density at radius 2 is 1.90 bits per heavy atom. The number of rotatable bonds is 8. The van der Waals surface area contributed by atoms with Crippen LogP contribution in [-0.4, -0.2) is 81.2 Å². The Kier molecular flexibility index (Phi) is 8.68. The van der Waals surface area contributed by atoms with Gasteiger partial charge in [0.05, 0.1) is 24.0 Å². The molecule has 214 valence electrons. The summed E-state index contributed by atoms with van der Waals surface area (Å²) in [4.78, 5) is 28.5. The number of allylic oxidation sites excluding steroid dienone is 1. The third-order valence-corrected chi connectivity index (χ3v) is 9.06. The second-order valence-electron chi connectivity index (χ2n) is 10.9. The number of hydrogen-bond donors (Lipinski definition) is 1. The molecule has 2 aliphatic heterocycles. The van der Waals surface area contributed by atoms with E-state index in [9.17, 15) is 14.3 Å². The number of aliphatic hydroxyl groups is 1. The second-order valence-corrected chi connectivity index (χ2v) is 11.8. The number of aromatic nitrogens is 3. The van der Waals surface area contributed by atoms with Gasteiger partial charge in [-0.25, -0.2) is 14.4 Å². The Labute approximate surface area is 239 Å². The van der Waals surface area contributed by atoms with Crippen molar-refractivity contribution >= 4 is 34.4 Å². The number of halogens is 1. The maximum Gasteiger partial charge on any atom is 0.236 e. The Bertz CT molecular complexity index is 1360. The van der Waals surface area contributed by atoms with E-state index in [-0.39, 0.29) is 17.8 Å². The van der Waals surface area contributed by atoms with Crippen LogP contribution in [0.3, 0.4) is 0 Å². The molecule has 1 N–H and O–H groups in total. The molecule has 2 aliphatic rings. The SMILES string of the molecule is CCc1nc(C)n(/C=C(\C)C2CCN(CC(=O)N3CCC(O)C3)CC2)c1N(C)c1nc(-c2ccc(F)cc2)cs1. The fraction of sp³-hybridized carbons (Fsp3) is 0.500. The van der Waals surface area contributed by atoms with Gasteiger partial charge in [0.2, 0.25) is 5.91 Å². The van der Waals surface area contributed by atoms with Gasteiger partial charge in [-0.05, 0) is 82.8 Å². The molecule has 1 aromatic carbocycles. The van der Waals surface area contributed by atoms with Gasteiger partial charge in [0.1, 0.15) is 17.5 Å². The van der Waals surface area contributed by atoms with E-state index >= 15 is 0 Å². The summed E-state index contributed by atoms with van der Waals surface area (Å²) in [6.45, 7) is 9.69. The van der Waals surface area contributed by atoms with Crippen molar-refractivity contribution < 1.29 is 14.3 Å². The molecule has 40 heavy (non-hydrogen) atoms. The molecule has 0 bridgehead atoms. The van der Waals surface area contributed by atoms with Gasteiger partial charge in [0.15, 0.2) is 5.13 Å². The van der Waals surface area contributed by atoms with Crippen molar-refractivity contribution in [1.29, 1.82) is 0 Å². The zero-order valence-corrected chi connectivity index (χ0v) is 24.6. The number of piperidine rings is 1. The molecule has 2 fully saturated rings. The third-order valence-electron chi connectivity index (χ3n) is 8.14. The normalized spacial score (nSPS) is 19.0. The molecule has 2 saturated heterocycles. The first-order chi connectivity index (χ1) is 19.2. The highest BCUT2D eigenvalue weighted by molar-refractivity contribution is 7.14. The van der Waals surface area contributed by atoms with Gasteiger partial charge in [0, 0.05) is 37.3 Å². The summed E-state index contributed by atoms with van der Waals surface area (Å²) >= 11 is 1.56. The van der Waals surface area contributed by atoms with Gasteiger partial charge in [-0.3, -0.25) is 14.3 Å². The van der Waals surface area contributed by atoms with Crippen LogP contribution in [0.15, 0.2) is 35.2 Å². The van der Waals surface area contributed by atoms with Gasteiger partial charge in [-0.15, -0.1) is 11.3 Å². The first-order valence-electron chi connectivity index (χ1n) is 14.1. The van der Waals surface area contributed by atoms with Gasteiger partial charge >= 0.3 is 0 Å². The lowest BCUT2D eigenvalue weighted by atomic mass is 9.90. The van der Waals surface area contributed by atoms with E-state index in [1.165, 1.54) is 17.7 Å². The number of anilines is 2. The summed E-state index contributed by atoms with van der Waals surface area (Å²) in [5.74, 6) is 2.25. The topological polar surface area (TPSA) is 77.7 Å². The molecule has 4 heterocycles. The van der Waals surface area contributed by atoms with Crippen LogP contribution in [0.2, 0.25) is 0 Å². The molecule has 8 nitrogen and oxygen atoms in total. The summed E-state index contributed by atoms with van der Waals surface area (Å²) in [6, 6.07) is 6.43. The number of benzene rings is 1. The number of aliphatic hydroxyl groups excluding tert-OH is 1. The number of carbonyl (C=O) groups excluding carboxylic acids is 1. The van der Waals surface area contributed by atoms with Crippen LogP contribution in [0.25, 0.3) is 17.5 Å². The standard InChI is InChI=1S/C30H39FN6O2S/c1-5-26-29(34(4)30-33-27(19-40-30)23-6-8-24(31)9-7-23)37(21(3)32-26)16-20(2)22-10-13-35(14-11-22)18-28(39)36-15-12-25(38)17-36/h6-9,16,19,22,25,38H,5,10-15,17-18H2,1-4H3/b20-16+. The smallest absolute Gasteiger partial charge is 0.236 e. The number of likely N-dealkylation sites (tertiary alicyclic amines) is 2. The average molecular weight is 567 g/mol. The minimum atomic E-state index is -0.376. The van der Waals surface area contributed by atoms with Crippen molar-refractivity contribution in [2.24, 2.45) is 5.92 Å². The van der Waals surface area contributed by atoms with E-state index in [0.29, 0.717) is 32.0 Å². The number of nitrogens with zero attached hydrogens (tertiary/aromatic N) is 6. The predicted molar refractivity (Wildman–Crippen MR) is 158 cm³/mol. The van der Waals surface area contributed by atoms with Crippen LogP contribution < -0.4 is 4.90 Å². The molecule has 5 rings (SSSR count). The molecule has 1 unspecified atom stereocenters. The number of aryl methyl sites for hydroxylation is 2. The average Bonchev–Trinajstić information content (AvgIpc) is 3.68. The molecule has 0 aliphatic carbocycles. The zero-order valence-electron chi connectivity index (χ0n) is 23.8. The quantitative estimate of drug-likeness (QED) is 0.416. The van der Waals surface area contributed by atoms with Crippen LogP contribution in [-0.2, 0) is 11.2 Å². The van der Waals surface area contributed by atoms with Crippen molar-refractivity contribution in [3.8, 4) is 11.3 Å². The maximum atomic E-state index is 13.4. The lowest BCUT2D eigenvalue weighted by Crippen LogP contribution is -2.43. The lowest BCUT2D eigenvalue weighted by Gasteiger charge is -2.33. The molecular formula is C30H39FN6O2S. The summed E-state index contributed by atoms with van der Waals surface area (Å²) in [5, 5.41) is 12.6. The molecule has 0 saturated carbocycles. The van der Waals surface area contributed by atoms with Crippen molar-refractivity contribution in [1.82, 2.24) is 24.3 Å². The predicted octanol–water partition coefficient (Wildman–Crippen LogP) is 4.95. The minimum Gasteiger partial charge on any atom is -0.391 e. The molecule has 2 aromatic heterocycles. The Hall–Kier alpha value is -3.08. The van der Waals surface area contributed by atoms with Crippen LogP contribution in [0.4, 0.5) is 15.3 Å². The van der Waals surface area contributed by atoms with E-state index in [1.807, 2.05) is 19.4 Å². The third kappa shape index (κ3) is 6.14. The molecule has 1 atom stereocenters. The van der Waals surface area contributed by atoms with Gasteiger partial charge in [-0.2, -0.15) is 0 Å². The van der Waals surface area contributed by atoms with Crippen LogP contribution in [0.1, 0.15) is 44.6 Å². The minimum absolute atomic E-state index is 0.126. The summed E-state index contributed by atoms with van der Waals surface area (Å²) in [5.41, 5.74) is 4.03. The van der Waals surface area contributed by atoms with Crippen molar-refractivity contribution in [3.63, 3.8) is 0 Å². The van der Waals surface area contributed by atoms with Crippen LogP contribution >= 0.6 is 11.3 Å². The van der Waals surface area contributed by atoms with E-state index in [2.05, 4.69) is 34.4 Å². The van der Waals surface area contributed by atoms with Crippen LogP contribution in [0, 0.1) is 18.7 Å². The Morgan fingerprint density at radius 3 is 2.55 bits per heavy atom. The Balaban J connectivity index is 1.29. The van der Waals surface area contributed by atoms with Gasteiger partial charge in [-0.1, -0.05) is 12.5 Å². The largest absolute Gasteiger partial charge is 0.391 e. The fourth-order valence-electron chi connectivity index (χ4n) is 5.72. The number of thiazole rings is 1. The molecule has 0 spiro atoms. The monoisotopic (exact) mass is 566 g/mol. The van der Waals surface area contributed by atoms with Gasteiger partial charge in [0.25, 0.3) is 0 Å². The Morgan fingerprint density at radius 1 is 1.18 bits per heavy atom. The number of imidazole rings is 1. The molecule has 10 heteroatoms. The highest BCUT2D eigenvalue weighted by atomic mass is 32.1. The second kappa shape index (κ2) is 12.2. The summed E-state index contributed by atoms with van der Waals surface area (Å²) in [7, 11) is 2.03. The lowest BCUT2D eigenvalue weighted by molar-refractivity contribution is -0.132. The number of β-amino-alcohol motifs (C(OH)–C–C–N with tert-alkyl or cyclic N) is 1. The van der Waals surface area contributed by atoms with Gasteiger partial charge < -0.3 is 14.9 Å². The van der Waals surface area contributed by atoms with Crippen molar-refractivity contribution in [2.45, 2.75) is 52.6 Å². The maximum absolute atomic E-state index is 13.4. The number of amides is 1. The highest BCUT2D eigenvalue weighted by Crippen LogP contribution is 2.35. The number of hydrogen-bond acceptors (Lipinski definition) is 7. The zero-order chi connectivity index (χ0) is 28.4. The fourth-order valence-corrected chi connectivity index (χ4v) is 6.52. The van der Waals surface area contributed by atoms with Crippen molar-refractivity contribution in [2.75, 3.05) is 44.7 Å². The van der Waals surface area contributed by atoms with E-state index in [0.717, 1.165) is 66.1 Å². The van der Waals surface area contributed by atoms with Crippen molar-refractivity contribution in [3.05, 3.63) is 52.6 Å². The van der Waals surface area contributed by atoms with Crippen LogP contribution in [0.5, 0.6) is 0 Å². The molecule has 1 amide bonds. The van der Waals surface area contributed by atoms with E-state index in [1.54, 1.807) is 28.4 Å². The van der Waals surface area contributed by atoms with E-state index in [4.69, 9.17) is 9.97 Å². The first-order valence-corrected chi connectivity index (χ1v) is 15.0. The summed E-state index contributed by atoms with van der Waals surface area (Å²) < 4.78 is 15.6. The molecular weight excluding hydrogens is 527 g/mol. The highest BCUT2D eigenvalue weighted by Gasteiger charge is 2.28. The summed E-state index contributed by atoms with van der Waals surface area (Å²) in [6.07, 6.45) is 5.34. The van der Waals surface area contributed by atoms with E-state index < -0.39 is 0 Å². The first kappa shape index (κ1) is 28.4. The molecule has 3 aromatic rings. The molecule has 0 radical (unpaired) electrons. The number of carbonyl (C=O) groups is 1.